The summed E-state index contributed by atoms with van der Waals surface area (Å²) in [4.78, 5) is 22.2. The monoisotopic (exact) mass is 264 g/mol. The van der Waals surface area contributed by atoms with Crippen LogP contribution in [0.4, 0.5) is 0 Å². The Kier molecular flexibility index (Phi) is 5.06. The van der Waals surface area contributed by atoms with Gasteiger partial charge in [0.1, 0.15) is 0 Å². The van der Waals surface area contributed by atoms with Crippen molar-refractivity contribution in [3.8, 4) is 0 Å². The van der Waals surface area contributed by atoms with Gasteiger partial charge in [-0.1, -0.05) is 12.1 Å². The molecule has 1 aromatic rings. The molecule has 0 saturated heterocycles. The molecule has 1 rings (SSSR count). The van der Waals surface area contributed by atoms with Crippen LogP contribution in [0.25, 0.3) is 0 Å². The van der Waals surface area contributed by atoms with E-state index in [9.17, 15) is 9.59 Å². The topological polar surface area (TPSA) is 92.4 Å². The minimum Gasteiger partial charge on any atom is -0.478 e. The van der Waals surface area contributed by atoms with Gasteiger partial charge in [0.25, 0.3) is 0 Å². The van der Waals surface area contributed by atoms with Crippen molar-refractivity contribution >= 4 is 11.9 Å². The number of carbonyl (C=O) groups excluding carboxylic acids is 1. The van der Waals surface area contributed by atoms with Crippen LogP contribution in [0.15, 0.2) is 24.3 Å². The standard InChI is InChI=1S/C14H20N2O3/c1-14(2,15)9-12(17)16-8-7-10-3-5-11(6-4-10)13(18)19/h3-6H,7-9,15H2,1-2H3,(H,16,17)(H,18,19). The van der Waals surface area contributed by atoms with Gasteiger partial charge >= 0.3 is 5.97 Å². The largest absolute Gasteiger partial charge is 0.478 e. The quantitative estimate of drug-likeness (QED) is 0.719. The summed E-state index contributed by atoms with van der Waals surface area (Å²) < 4.78 is 0. The van der Waals surface area contributed by atoms with Crippen LogP contribution >= 0.6 is 0 Å². The Hall–Kier alpha value is -1.88. The Balaban J connectivity index is 2.37. The second kappa shape index (κ2) is 6.33. The van der Waals surface area contributed by atoms with E-state index in [2.05, 4.69) is 5.32 Å². The van der Waals surface area contributed by atoms with Crippen LogP contribution in [0, 0.1) is 0 Å². The summed E-state index contributed by atoms with van der Waals surface area (Å²) in [6, 6.07) is 6.62. The number of benzene rings is 1. The zero-order valence-electron chi connectivity index (χ0n) is 11.3. The van der Waals surface area contributed by atoms with Gasteiger partial charge in [-0.25, -0.2) is 4.79 Å². The molecule has 0 bridgehead atoms. The lowest BCUT2D eigenvalue weighted by Gasteiger charge is -2.17. The molecule has 0 unspecified atom stereocenters. The minimum atomic E-state index is -0.940. The van der Waals surface area contributed by atoms with E-state index in [1.807, 2.05) is 0 Å². The first-order chi connectivity index (χ1) is 8.78. The highest BCUT2D eigenvalue weighted by atomic mass is 16.4. The van der Waals surface area contributed by atoms with Gasteiger partial charge in [0, 0.05) is 18.5 Å². The first-order valence-corrected chi connectivity index (χ1v) is 6.16. The molecule has 0 fully saturated rings. The maximum atomic E-state index is 11.5. The van der Waals surface area contributed by atoms with Crippen molar-refractivity contribution in [3.63, 3.8) is 0 Å². The Morgan fingerprint density at radius 3 is 2.32 bits per heavy atom. The van der Waals surface area contributed by atoms with Crippen molar-refractivity contribution in [2.75, 3.05) is 6.54 Å². The van der Waals surface area contributed by atoms with Crippen LogP contribution in [0.2, 0.25) is 0 Å². The van der Waals surface area contributed by atoms with Crippen molar-refractivity contribution in [1.82, 2.24) is 5.32 Å². The van der Waals surface area contributed by atoms with E-state index in [0.29, 0.717) is 13.0 Å². The highest BCUT2D eigenvalue weighted by molar-refractivity contribution is 5.87. The van der Waals surface area contributed by atoms with Crippen molar-refractivity contribution in [3.05, 3.63) is 35.4 Å². The summed E-state index contributed by atoms with van der Waals surface area (Å²) in [6.07, 6.45) is 0.946. The molecule has 4 N–H and O–H groups in total. The number of carbonyl (C=O) groups is 2. The number of carboxylic acids is 1. The maximum absolute atomic E-state index is 11.5. The van der Waals surface area contributed by atoms with Crippen molar-refractivity contribution in [2.24, 2.45) is 5.73 Å². The van der Waals surface area contributed by atoms with Crippen molar-refractivity contribution in [2.45, 2.75) is 32.2 Å². The average molecular weight is 264 g/mol. The highest BCUT2D eigenvalue weighted by Gasteiger charge is 2.15. The number of nitrogens with one attached hydrogen (secondary N) is 1. The minimum absolute atomic E-state index is 0.0744. The second-order valence-electron chi connectivity index (χ2n) is 5.27. The molecule has 0 aliphatic rings. The zero-order chi connectivity index (χ0) is 14.5. The smallest absolute Gasteiger partial charge is 0.335 e. The van der Waals surface area contributed by atoms with Crippen molar-refractivity contribution in [1.29, 1.82) is 0 Å². The summed E-state index contributed by atoms with van der Waals surface area (Å²) in [5.41, 5.74) is 6.49. The molecule has 0 spiro atoms. The Morgan fingerprint density at radius 2 is 1.84 bits per heavy atom. The van der Waals surface area contributed by atoms with Crippen molar-refractivity contribution < 1.29 is 14.7 Å². The molecule has 19 heavy (non-hydrogen) atoms. The van der Waals surface area contributed by atoms with E-state index < -0.39 is 11.5 Å². The Labute approximate surface area is 112 Å². The molecule has 0 saturated carbocycles. The van der Waals surface area contributed by atoms with Crippen LogP contribution in [0.1, 0.15) is 36.2 Å². The highest BCUT2D eigenvalue weighted by Crippen LogP contribution is 2.05. The molecule has 0 radical (unpaired) electrons. The van der Waals surface area contributed by atoms with Gasteiger partial charge in [0.2, 0.25) is 5.91 Å². The fraction of sp³-hybridized carbons (Fsp3) is 0.429. The molecular formula is C14H20N2O3. The lowest BCUT2D eigenvalue weighted by molar-refractivity contribution is -0.121. The van der Waals surface area contributed by atoms with Crippen LogP contribution in [0.3, 0.4) is 0 Å². The van der Waals surface area contributed by atoms with E-state index in [1.165, 1.54) is 0 Å². The molecule has 104 valence electrons. The zero-order valence-corrected chi connectivity index (χ0v) is 11.3. The predicted molar refractivity (Wildman–Crippen MR) is 73.0 cm³/mol. The first kappa shape index (κ1) is 15.2. The summed E-state index contributed by atoms with van der Waals surface area (Å²) >= 11 is 0. The third-order valence-electron chi connectivity index (χ3n) is 2.55. The van der Waals surface area contributed by atoms with E-state index in [4.69, 9.17) is 10.8 Å². The van der Waals surface area contributed by atoms with E-state index >= 15 is 0 Å². The number of hydrogen-bond acceptors (Lipinski definition) is 3. The normalized spacial score (nSPS) is 11.1. The molecule has 0 aliphatic heterocycles. The summed E-state index contributed by atoms with van der Waals surface area (Å²) in [6.45, 7) is 4.12. The van der Waals surface area contributed by atoms with Gasteiger partial charge in [0.15, 0.2) is 0 Å². The molecule has 0 aliphatic carbocycles. The SMILES string of the molecule is CC(C)(N)CC(=O)NCCc1ccc(C(=O)O)cc1. The number of amides is 1. The lowest BCUT2D eigenvalue weighted by atomic mass is 10.0. The summed E-state index contributed by atoms with van der Waals surface area (Å²) in [7, 11) is 0. The number of nitrogens with two attached hydrogens (primary N) is 1. The maximum Gasteiger partial charge on any atom is 0.335 e. The van der Waals surface area contributed by atoms with Gasteiger partial charge in [-0.2, -0.15) is 0 Å². The summed E-state index contributed by atoms with van der Waals surface area (Å²) in [5, 5.41) is 11.6. The van der Waals surface area contributed by atoms with Crippen LogP contribution in [-0.2, 0) is 11.2 Å². The predicted octanol–water partition coefficient (Wildman–Crippen LogP) is 1.17. The molecule has 0 atom stereocenters. The van der Waals surface area contributed by atoms with E-state index in [1.54, 1.807) is 38.1 Å². The van der Waals surface area contributed by atoms with Crippen LogP contribution in [0.5, 0.6) is 0 Å². The lowest BCUT2D eigenvalue weighted by Crippen LogP contribution is -2.39. The molecule has 5 heteroatoms. The van der Waals surface area contributed by atoms with Gasteiger partial charge in [-0.05, 0) is 38.0 Å². The van der Waals surface area contributed by atoms with E-state index in [-0.39, 0.29) is 17.9 Å². The Morgan fingerprint density at radius 1 is 1.26 bits per heavy atom. The first-order valence-electron chi connectivity index (χ1n) is 6.16. The second-order valence-corrected chi connectivity index (χ2v) is 5.27. The fourth-order valence-corrected chi connectivity index (χ4v) is 1.64. The number of aromatic carboxylic acids is 1. The number of hydrogen-bond donors (Lipinski definition) is 3. The average Bonchev–Trinajstić information content (AvgIpc) is 2.27. The van der Waals surface area contributed by atoms with Gasteiger partial charge in [-0.3, -0.25) is 4.79 Å². The Bertz CT molecular complexity index is 447. The number of rotatable bonds is 6. The molecule has 5 nitrogen and oxygen atoms in total. The van der Waals surface area contributed by atoms with Gasteiger partial charge < -0.3 is 16.2 Å². The van der Waals surface area contributed by atoms with Crippen LogP contribution in [-0.4, -0.2) is 29.1 Å². The van der Waals surface area contributed by atoms with E-state index in [0.717, 1.165) is 5.56 Å². The molecule has 1 amide bonds. The third kappa shape index (κ3) is 6.01. The molecule has 0 heterocycles. The third-order valence-corrected chi connectivity index (χ3v) is 2.55. The molecule has 1 aromatic carbocycles. The van der Waals surface area contributed by atoms with Crippen LogP contribution < -0.4 is 11.1 Å². The number of carboxylic acid groups (broad SMARTS) is 1. The van der Waals surface area contributed by atoms with Gasteiger partial charge in [0.05, 0.1) is 5.56 Å². The fourth-order valence-electron chi connectivity index (χ4n) is 1.64. The molecular weight excluding hydrogens is 244 g/mol. The summed E-state index contributed by atoms with van der Waals surface area (Å²) in [5.74, 6) is -1.01. The van der Waals surface area contributed by atoms with Gasteiger partial charge in [-0.15, -0.1) is 0 Å². The molecule has 0 aromatic heterocycles.